The smallest absolute Gasteiger partial charge is 0.131 e. The Labute approximate surface area is 107 Å². The molecule has 0 unspecified atom stereocenters. The topological polar surface area (TPSA) is 53.1 Å². The third-order valence-electron chi connectivity index (χ3n) is 2.62. The van der Waals surface area contributed by atoms with Gasteiger partial charge in [-0.25, -0.2) is 4.98 Å². The second kappa shape index (κ2) is 5.40. The molecule has 0 spiro atoms. The number of nitrogen functional groups attached to an aromatic ring is 1. The number of aromatic nitrogens is 2. The van der Waals surface area contributed by atoms with E-state index in [1.807, 2.05) is 35.8 Å². The summed E-state index contributed by atoms with van der Waals surface area (Å²) in [6, 6.07) is 7.77. The fourth-order valence-corrected chi connectivity index (χ4v) is 1.80. The van der Waals surface area contributed by atoms with Crippen LogP contribution in [0.25, 0.3) is 11.3 Å². The van der Waals surface area contributed by atoms with Crippen LogP contribution in [0, 0.1) is 0 Å². The van der Waals surface area contributed by atoms with Crippen LogP contribution in [-0.4, -0.2) is 16.2 Å². The van der Waals surface area contributed by atoms with Gasteiger partial charge < -0.3 is 15.0 Å². The van der Waals surface area contributed by atoms with Crippen molar-refractivity contribution in [1.82, 2.24) is 9.55 Å². The lowest BCUT2D eigenvalue weighted by Gasteiger charge is -2.06. The van der Waals surface area contributed by atoms with Crippen molar-refractivity contribution < 1.29 is 4.74 Å². The van der Waals surface area contributed by atoms with E-state index >= 15 is 0 Å². The second-order valence-electron chi connectivity index (χ2n) is 3.88. The van der Waals surface area contributed by atoms with Gasteiger partial charge in [0.1, 0.15) is 17.3 Å². The maximum atomic E-state index is 6.06. The molecule has 18 heavy (non-hydrogen) atoms. The Kier molecular flexibility index (Phi) is 3.67. The monoisotopic (exact) mass is 243 g/mol. The van der Waals surface area contributed by atoms with E-state index in [1.165, 1.54) is 0 Å². The summed E-state index contributed by atoms with van der Waals surface area (Å²) in [4.78, 5) is 4.34. The first-order valence-electron chi connectivity index (χ1n) is 5.91. The van der Waals surface area contributed by atoms with Crippen molar-refractivity contribution in [1.29, 1.82) is 0 Å². The molecule has 2 aromatic rings. The number of benzene rings is 1. The van der Waals surface area contributed by atoms with Gasteiger partial charge in [-0.3, -0.25) is 0 Å². The Morgan fingerprint density at radius 3 is 3.06 bits per heavy atom. The molecule has 4 nitrogen and oxygen atoms in total. The van der Waals surface area contributed by atoms with E-state index in [0.717, 1.165) is 17.0 Å². The van der Waals surface area contributed by atoms with Crippen LogP contribution in [0.2, 0.25) is 0 Å². The molecular formula is C14H17N3O. The van der Waals surface area contributed by atoms with Gasteiger partial charge in [-0.05, 0) is 19.1 Å². The summed E-state index contributed by atoms with van der Waals surface area (Å²) in [5, 5.41) is 0. The highest BCUT2D eigenvalue weighted by atomic mass is 16.5. The predicted molar refractivity (Wildman–Crippen MR) is 73.4 cm³/mol. The molecule has 0 aliphatic carbocycles. The quantitative estimate of drug-likeness (QED) is 0.821. The lowest BCUT2D eigenvalue weighted by Crippen LogP contribution is -2.00. The van der Waals surface area contributed by atoms with Gasteiger partial charge in [-0.15, -0.1) is 6.58 Å². The predicted octanol–water partition coefficient (Wildman–Crippen LogP) is 2.72. The van der Waals surface area contributed by atoms with Crippen LogP contribution >= 0.6 is 0 Å². The van der Waals surface area contributed by atoms with Crippen molar-refractivity contribution in [3.8, 4) is 17.0 Å². The summed E-state index contributed by atoms with van der Waals surface area (Å²) in [7, 11) is 0. The average molecular weight is 243 g/mol. The van der Waals surface area contributed by atoms with E-state index < -0.39 is 0 Å². The zero-order chi connectivity index (χ0) is 13.0. The Hall–Kier alpha value is -2.23. The third-order valence-corrected chi connectivity index (χ3v) is 2.62. The normalized spacial score (nSPS) is 10.3. The first-order chi connectivity index (χ1) is 8.76. The van der Waals surface area contributed by atoms with Gasteiger partial charge in [-0.2, -0.15) is 0 Å². The van der Waals surface area contributed by atoms with Crippen molar-refractivity contribution in [2.45, 2.75) is 13.5 Å². The van der Waals surface area contributed by atoms with Crippen molar-refractivity contribution in [2.24, 2.45) is 0 Å². The zero-order valence-electron chi connectivity index (χ0n) is 10.5. The lowest BCUT2D eigenvalue weighted by atomic mass is 10.1. The molecule has 0 aliphatic heterocycles. The van der Waals surface area contributed by atoms with Gasteiger partial charge in [0.25, 0.3) is 0 Å². The molecule has 2 rings (SSSR count). The summed E-state index contributed by atoms with van der Waals surface area (Å²) in [6.07, 6.45) is 3.51. The molecule has 1 aromatic heterocycles. The molecule has 94 valence electrons. The third kappa shape index (κ3) is 2.37. The Morgan fingerprint density at radius 1 is 1.50 bits per heavy atom. The van der Waals surface area contributed by atoms with Crippen LogP contribution in [0.3, 0.4) is 0 Å². The van der Waals surface area contributed by atoms with Crippen LogP contribution < -0.4 is 10.5 Å². The van der Waals surface area contributed by atoms with Crippen LogP contribution in [0.1, 0.15) is 6.92 Å². The summed E-state index contributed by atoms with van der Waals surface area (Å²) in [5.74, 6) is 1.47. The highest BCUT2D eigenvalue weighted by molar-refractivity contribution is 5.71. The van der Waals surface area contributed by atoms with Crippen molar-refractivity contribution >= 4 is 5.82 Å². The standard InChI is InChI=1S/C14H17N3O/c1-3-8-17-10-16-13(14(17)15)11-6-5-7-12(9-11)18-4-2/h3,5-7,9-10H,1,4,8,15H2,2H3. The number of ether oxygens (including phenoxy) is 1. The van der Waals surface area contributed by atoms with E-state index in [9.17, 15) is 0 Å². The number of anilines is 1. The number of hydrogen-bond acceptors (Lipinski definition) is 3. The molecule has 2 N–H and O–H groups in total. The van der Waals surface area contributed by atoms with Crippen molar-refractivity contribution in [3.05, 3.63) is 43.2 Å². The minimum absolute atomic E-state index is 0.642. The molecular weight excluding hydrogens is 226 g/mol. The number of imidazole rings is 1. The maximum Gasteiger partial charge on any atom is 0.131 e. The van der Waals surface area contributed by atoms with E-state index in [0.29, 0.717) is 19.0 Å². The van der Waals surface area contributed by atoms with Gasteiger partial charge in [0.05, 0.1) is 12.9 Å². The molecule has 0 amide bonds. The minimum Gasteiger partial charge on any atom is -0.494 e. The first-order valence-corrected chi connectivity index (χ1v) is 5.91. The molecule has 0 saturated heterocycles. The van der Waals surface area contributed by atoms with Crippen LogP contribution in [0.15, 0.2) is 43.2 Å². The lowest BCUT2D eigenvalue weighted by molar-refractivity contribution is 0.340. The Morgan fingerprint density at radius 2 is 2.33 bits per heavy atom. The molecule has 0 saturated carbocycles. The Balaban J connectivity index is 2.36. The number of rotatable bonds is 5. The van der Waals surface area contributed by atoms with Gasteiger partial charge >= 0.3 is 0 Å². The molecule has 0 fully saturated rings. The zero-order valence-corrected chi connectivity index (χ0v) is 10.5. The van der Waals surface area contributed by atoms with Gasteiger partial charge in [0.2, 0.25) is 0 Å². The number of nitrogens with two attached hydrogens (primary N) is 1. The fraction of sp³-hybridized carbons (Fsp3) is 0.214. The molecule has 4 heteroatoms. The van der Waals surface area contributed by atoms with Crippen LogP contribution in [0.4, 0.5) is 5.82 Å². The van der Waals surface area contributed by atoms with E-state index in [-0.39, 0.29) is 0 Å². The summed E-state index contributed by atoms with van der Waals surface area (Å²) >= 11 is 0. The van der Waals surface area contributed by atoms with E-state index in [4.69, 9.17) is 10.5 Å². The number of hydrogen-bond donors (Lipinski definition) is 1. The van der Waals surface area contributed by atoms with Gasteiger partial charge in [-0.1, -0.05) is 18.2 Å². The van der Waals surface area contributed by atoms with Crippen molar-refractivity contribution in [2.75, 3.05) is 12.3 Å². The van der Waals surface area contributed by atoms with Gasteiger partial charge in [0.15, 0.2) is 0 Å². The molecule has 1 aromatic carbocycles. The Bertz CT molecular complexity index is 546. The molecule has 0 atom stereocenters. The fourth-order valence-electron chi connectivity index (χ4n) is 1.80. The summed E-state index contributed by atoms with van der Waals surface area (Å²) in [5.41, 5.74) is 7.79. The first kappa shape index (κ1) is 12.2. The van der Waals surface area contributed by atoms with E-state index in [1.54, 1.807) is 12.4 Å². The highest BCUT2D eigenvalue weighted by Crippen LogP contribution is 2.27. The minimum atomic E-state index is 0.642. The van der Waals surface area contributed by atoms with Crippen LogP contribution in [-0.2, 0) is 6.54 Å². The largest absolute Gasteiger partial charge is 0.494 e. The molecule has 0 bridgehead atoms. The molecule has 1 heterocycles. The summed E-state index contributed by atoms with van der Waals surface area (Å²) in [6.45, 7) is 6.95. The van der Waals surface area contributed by atoms with Gasteiger partial charge in [0, 0.05) is 12.1 Å². The number of nitrogens with zero attached hydrogens (tertiary/aromatic N) is 2. The van der Waals surface area contributed by atoms with E-state index in [2.05, 4.69) is 11.6 Å². The SMILES string of the molecule is C=CCn1cnc(-c2cccc(OCC)c2)c1N. The average Bonchev–Trinajstić information content (AvgIpc) is 2.73. The second-order valence-corrected chi connectivity index (χ2v) is 3.88. The molecule has 0 aliphatic rings. The molecule has 0 radical (unpaired) electrons. The number of allylic oxidation sites excluding steroid dienone is 1. The van der Waals surface area contributed by atoms with Crippen molar-refractivity contribution in [3.63, 3.8) is 0 Å². The van der Waals surface area contributed by atoms with Crippen LogP contribution in [0.5, 0.6) is 5.75 Å². The summed E-state index contributed by atoms with van der Waals surface area (Å²) < 4.78 is 7.33. The highest BCUT2D eigenvalue weighted by Gasteiger charge is 2.09. The maximum absolute atomic E-state index is 6.06.